The number of rotatable bonds is 0. The smallest absolute Gasteiger partial charge is 0.407 e. The van der Waals surface area contributed by atoms with E-state index >= 15 is 0 Å². The highest BCUT2D eigenvalue weighted by molar-refractivity contribution is 5.68. The van der Waals surface area contributed by atoms with E-state index in [1.807, 2.05) is 0 Å². The molecule has 1 aliphatic heterocycles. The molecule has 3 heteroatoms. The number of alkyl carbamates (subject to hydrolysis) is 1. The number of carbonyl (C=O) groups is 1. The summed E-state index contributed by atoms with van der Waals surface area (Å²) in [6.07, 6.45) is 4.39. The molecular formula is C7H11NO2. The third kappa shape index (κ3) is 0.958. The summed E-state index contributed by atoms with van der Waals surface area (Å²) in [5, 5.41) is 2.79. The molecule has 1 amide bonds. The Hall–Kier alpha value is -0.730. The fraction of sp³-hybridized carbons (Fsp3) is 0.857. The van der Waals surface area contributed by atoms with Gasteiger partial charge < -0.3 is 10.1 Å². The summed E-state index contributed by atoms with van der Waals surface area (Å²) in [4.78, 5) is 10.7. The Morgan fingerprint density at radius 1 is 1.50 bits per heavy atom. The van der Waals surface area contributed by atoms with E-state index < -0.39 is 0 Å². The van der Waals surface area contributed by atoms with Crippen molar-refractivity contribution in [3.63, 3.8) is 0 Å². The minimum Gasteiger partial charge on any atom is -0.446 e. The van der Waals surface area contributed by atoms with Gasteiger partial charge in [-0.25, -0.2) is 4.79 Å². The molecule has 1 aliphatic carbocycles. The molecule has 0 aromatic carbocycles. The Balaban J connectivity index is 2.05. The minimum atomic E-state index is -0.221. The SMILES string of the molecule is O=C1N[C@@H]2CCC[C@@H](C2)O1. The van der Waals surface area contributed by atoms with Crippen molar-refractivity contribution in [3.05, 3.63) is 0 Å². The minimum absolute atomic E-state index is 0.215. The van der Waals surface area contributed by atoms with Crippen molar-refractivity contribution < 1.29 is 9.53 Å². The van der Waals surface area contributed by atoms with Crippen LogP contribution in [0.15, 0.2) is 0 Å². The molecule has 10 heavy (non-hydrogen) atoms. The molecule has 1 heterocycles. The van der Waals surface area contributed by atoms with E-state index in [-0.39, 0.29) is 12.2 Å². The second kappa shape index (κ2) is 2.15. The van der Waals surface area contributed by atoms with Gasteiger partial charge in [0.1, 0.15) is 6.10 Å². The van der Waals surface area contributed by atoms with Gasteiger partial charge in [-0.05, 0) is 19.3 Å². The third-order valence-electron chi connectivity index (χ3n) is 2.22. The summed E-state index contributed by atoms with van der Waals surface area (Å²) in [5.74, 6) is 0. The zero-order chi connectivity index (χ0) is 6.97. The van der Waals surface area contributed by atoms with E-state index in [0.29, 0.717) is 6.04 Å². The van der Waals surface area contributed by atoms with Crippen molar-refractivity contribution in [1.29, 1.82) is 0 Å². The first-order chi connectivity index (χ1) is 4.84. The van der Waals surface area contributed by atoms with Gasteiger partial charge in [0, 0.05) is 12.5 Å². The molecule has 0 spiro atoms. The quantitative estimate of drug-likeness (QED) is 0.547. The molecule has 2 fully saturated rings. The van der Waals surface area contributed by atoms with Crippen molar-refractivity contribution in [2.45, 2.75) is 37.8 Å². The van der Waals surface area contributed by atoms with E-state index in [1.165, 1.54) is 6.42 Å². The number of amides is 1. The lowest BCUT2D eigenvalue weighted by atomic mass is 9.92. The normalized spacial score (nSPS) is 38.2. The van der Waals surface area contributed by atoms with Crippen molar-refractivity contribution in [2.75, 3.05) is 0 Å². The van der Waals surface area contributed by atoms with E-state index in [2.05, 4.69) is 5.32 Å². The maximum atomic E-state index is 10.7. The molecule has 1 N–H and O–H groups in total. The number of nitrogens with one attached hydrogen (secondary N) is 1. The molecule has 1 saturated heterocycles. The van der Waals surface area contributed by atoms with Crippen LogP contribution < -0.4 is 5.32 Å². The average Bonchev–Trinajstić information content (AvgIpc) is 1.85. The molecule has 0 radical (unpaired) electrons. The van der Waals surface area contributed by atoms with Crippen LogP contribution in [0.2, 0.25) is 0 Å². The first-order valence-electron chi connectivity index (χ1n) is 3.82. The van der Waals surface area contributed by atoms with Crippen molar-refractivity contribution >= 4 is 6.09 Å². The second-order valence-electron chi connectivity index (χ2n) is 3.04. The average molecular weight is 141 g/mol. The molecule has 2 atom stereocenters. The highest BCUT2D eigenvalue weighted by atomic mass is 16.6. The summed E-state index contributed by atoms with van der Waals surface area (Å²) in [5.41, 5.74) is 0. The summed E-state index contributed by atoms with van der Waals surface area (Å²) >= 11 is 0. The number of fused-ring (bicyclic) bond motifs is 2. The van der Waals surface area contributed by atoms with Gasteiger partial charge in [-0.15, -0.1) is 0 Å². The molecule has 56 valence electrons. The van der Waals surface area contributed by atoms with Crippen LogP contribution in [0, 0.1) is 0 Å². The topological polar surface area (TPSA) is 38.3 Å². The third-order valence-corrected chi connectivity index (χ3v) is 2.22. The van der Waals surface area contributed by atoms with Gasteiger partial charge >= 0.3 is 6.09 Å². The van der Waals surface area contributed by atoms with Crippen molar-refractivity contribution in [2.24, 2.45) is 0 Å². The lowest BCUT2D eigenvalue weighted by molar-refractivity contribution is 0.0355. The number of hydrogen-bond donors (Lipinski definition) is 1. The predicted octanol–water partition coefficient (Wildman–Crippen LogP) is 1.04. The van der Waals surface area contributed by atoms with Gasteiger partial charge in [0.25, 0.3) is 0 Å². The molecular weight excluding hydrogens is 130 g/mol. The molecule has 2 aliphatic rings. The van der Waals surface area contributed by atoms with Gasteiger partial charge in [0.05, 0.1) is 0 Å². The first kappa shape index (κ1) is 6.01. The van der Waals surface area contributed by atoms with Crippen molar-refractivity contribution in [3.8, 4) is 0 Å². The highest BCUT2D eigenvalue weighted by Crippen LogP contribution is 2.24. The van der Waals surface area contributed by atoms with Gasteiger partial charge in [-0.3, -0.25) is 0 Å². The standard InChI is InChI=1S/C7H11NO2/c9-7-8-5-2-1-3-6(4-5)10-7/h5-6H,1-4H2,(H,8,9)/t5-,6+/m1/s1. The maximum Gasteiger partial charge on any atom is 0.407 e. The van der Waals surface area contributed by atoms with E-state index in [4.69, 9.17) is 4.74 Å². The van der Waals surface area contributed by atoms with Gasteiger partial charge in [0.2, 0.25) is 0 Å². The van der Waals surface area contributed by atoms with Crippen LogP contribution in [0.1, 0.15) is 25.7 Å². The fourth-order valence-electron chi connectivity index (χ4n) is 1.74. The summed E-state index contributed by atoms with van der Waals surface area (Å²) < 4.78 is 5.01. The van der Waals surface area contributed by atoms with E-state index in [1.54, 1.807) is 0 Å². The molecule has 3 nitrogen and oxygen atoms in total. The Morgan fingerprint density at radius 2 is 2.40 bits per heavy atom. The highest BCUT2D eigenvalue weighted by Gasteiger charge is 2.30. The van der Waals surface area contributed by atoms with Crippen LogP contribution in [-0.4, -0.2) is 18.2 Å². The van der Waals surface area contributed by atoms with Crippen LogP contribution in [0.4, 0.5) is 4.79 Å². The van der Waals surface area contributed by atoms with Gasteiger partial charge in [0.15, 0.2) is 0 Å². The summed E-state index contributed by atoms with van der Waals surface area (Å²) in [7, 11) is 0. The van der Waals surface area contributed by atoms with Gasteiger partial charge in [-0.1, -0.05) is 0 Å². The van der Waals surface area contributed by atoms with Crippen LogP contribution >= 0.6 is 0 Å². The number of hydrogen-bond acceptors (Lipinski definition) is 2. The first-order valence-corrected chi connectivity index (χ1v) is 3.82. The molecule has 0 unspecified atom stereocenters. The van der Waals surface area contributed by atoms with Crippen molar-refractivity contribution in [1.82, 2.24) is 5.32 Å². The molecule has 0 aromatic rings. The van der Waals surface area contributed by atoms with Gasteiger partial charge in [-0.2, -0.15) is 0 Å². The zero-order valence-corrected chi connectivity index (χ0v) is 5.80. The molecule has 0 aromatic heterocycles. The lowest BCUT2D eigenvalue weighted by Gasteiger charge is -2.34. The molecule has 2 bridgehead atoms. The molecule has 2 rings (SSSR count). The Kier molecular flexibility index (Phi) is 1.29. The van der Waals surface area contributed by atoms with Crippen LogP contribution in [0.25, 0.3) is 0 Å². The molecule has 1 saturated carbocycles. The fourth-order valence-corrected chi connectivity index (χ4v) is 1.74. The lowest BCUT2D eigenvalue weighted by Crippen LogP contribution is -2.47. The maximum absolute atomic E-state index is 10.7. The monoisotopic (exact) mass is 141 g/mol. The Labute approximate surface area is 59.7 Å². The second-order valence-corrected chi connectivity index (χ2v) is 3.04. The van der Waals surface area contributed by atoms with Crippen LogP contribution in [-0.2, 0) is 4.74 Å². The Bertz CT molecular complexity index is 144. The summed E-state index contributed by atoms with van der Waals surface area (Å²) in [6.45, 7) is 0. The van der Waals surface area contributed by atoms with E-state index in [9.17, 15) is 4.79 Å². The summed E-state index contributed by atoms with van der Waals surface area (Å²) in [6, 6.07) is 0.403. The Morgan fingerprint density at radius 3 is 3.20 bits per heavy atom. The number of ether oxygens (including phenoxy) is 1. The van der Waals surface area contributed by atoms with Crippen LogP contribution in [0.5, 0.6) is 0 Å². The predicted molar refractivity (Wildman–Crippen MR) is 35.7 cm³/mol. The van der Waals surface area contributed by atoms with Crippen LogP contribution in [0.3, 0.4) is 0 Å². The zero-order valence-electron chi connectivity index (χ0n) is 5.80. The number of carbonyl (C=O) groups excluding carboxylic acids is 1. The van der Waals surface area contributed by atoms with E-state index in [0.717, 1.165) is 19.3 Å². The largest absolute Gasteiger partial charge is 0.446 e.